The van der Waals surface area contributed by atoms with Gasteiger partial charge in [-0.3, -0.25) is 19.1 Å². The van der Waals surface area contributed by atoms with Crippen LogP contribution in [0.1, 0.15) is 36.0 Å². The molecule has 2 aliphatic rings. The van der Waals surface area contributed by atoms with Crippen LogP contribution in [-0.2, 0) is 24.3 Å². The number of amides is 1. The number of alkyl halides is 1. The summed E-state index contributed by atoms with van der Waals surface area (Å²) in [5, 5.41) is 7.16. The molecule has 6 rings (SSSR count). The lowest BCUT2D eigenvalue weighted by atomic mass is 9.94. The number of aromatic nitrogens is 2. The molecule has 0 bridgehead atoms. The van der Waals surface area contributed by atoms with Gasteiger partial charge in [-0.05, 0) is 49.1 Å². The van der Waals surface area contributed by atoms with Crippen molar-refractivity contribution in [3.8, 4) is 39.5 Å². The van der Waals surface area contributed by atoms with Crippen molar-refractivity contribution in [1.29, 1.82) is 0 Å². The Morgan fingerprint density at radius 2 is 1.91 bits per heavy atom. The third-order valence-electron chi connectivity index (χ3n) is 8.63. The lowest BCUT2D eigenvalue weighted by molar-refractivity contribution is -0.119. The fourth-order valence-corrected chi connectivity index (χ4v) is 6.87. The van der Waals surface area contributed by atoms with Crippen LogP contribution in [0.25, 0.3) is 33.6 Å². The number of carbonyl (C=O) groups excluding carboxylic acids is 1. The molecule has 1 fully saturated rings. The Morgan fingerprint density at radius 3 is 2.70 bits per heavy atom. The predicted octanol–water partition coefficient (Wildman–Crippen LogP) is 7.02. The van der Waals surface area contributed by atoms with Gasteiger partial charge in [0.2, 0.25) is 11.8 Å². The molecule has 240 valence electrons. The lowest BCUT2D eigenvalue weighted by Gasteiger charge is -2.29. The first-order valence-corrected chi connectivity index (χ1v) is 16.2. The highest BCUT2D eigenvalue weighted by molar-refractivity contribution is 6.39. The molecule has 2 N–H and O–H groups in total. The van der Waals surface area contributed by atoms with Crippen molar-refractivity contribution in [2.75, 3.05) is 33.4 Å². The molecule has 0 saturated carbocycles. The van der Waals surface area contributed by atoms with Crippen molar-refractivity contribution in [3.63, 3.8) is 0 Å². The van der Waals surface area contributed by atoms with Crippen LogP contribution in [0.3, 0.4) is 0 Å². The van der Waals surface area contributed by atoms with Gasteiger partial charge in [0, 0.05) is 84.8 Å². The molecule has 46 heavy (non-hydrogen) atoms. The molecule has 1 saturated heterocycles. The molecular formula is C35H35Cl2F2N5O2. The van der Waals surface area contributed by atoms with E-state index in [1.807, 2.05) is 36.4 Å². The second-order valence-electron chi connectivity index (χ2n) is 11.7. The molecular weight excluding hydrogens is 631 g/mol. The summed E-state index contributed by atoms with van der Waals surface area (Å²) in [5.41, 5.74) is 6.21. The summed E-state index contributed by atoms with van der Waals surface area (Å²) in [6, 6.07) is 14.9. The van der Waals surface area contributed by atoms with Crippen LogP contribution >= 0.6 is 23.2 Å². The Morgan fingerprint density at radius 1 is 1.09 bits per heavy atom. The number of benzene rings is 2. The van der Waals surface area contributed by atoms with Crippen LogP contribution in [-0.4, -0.2) is 60.2 Å². The fourth-order valence-electron chi connectivity index (χ4n) is 6.22. The van der Waals surface area contributed by atoms with Gasteiger partial charge in [-0.2, -0.15) is 0 Å². The summed E-state index contributed by atoms with van der Waals surface area (Å²) in [5.74, 6) is 0.252. The molecule has 1 atom stereocenters. The molecule has 4 aromatic rings. The first-order chi connectivity index (χ1) is 22.4. The van der Waals surface area contributed by atoms with Crippen molar-refractivity contribution >= 4 is 29.1 Å². The van der Waals surface area contributed by atoms with Crippen LogP contribution in [0.4, 0.5) is 8.78 Å². The minimum absolute atomic E-state index is 0.0889. The van der Waals surface area contributed by atoms with E-state index in [1.54, 1.807) is 19.4 Å². The van der Waals surface area contributed by atoms with Crippen molar-refractivity contribution in [2.45, 2.75) is 44.8 Å². The molecule has 4 heterocycles. The van der Waals surface area contributed by atoms with E-state index in [-0.39, 0.29) is 24.4 Å². The number of pyridine rings is 2. The number of hydrogen-bond donors (Lipinski definition) is 2. The van der Waals surface area contributed by atoms with E-state index in [4.69, 9.17) is 32.9 Å². The van der Waals surface area contributed by atoms with Crippen molar-refractivity contribution in [1.82, 2.24) is 25.5 Å². The van der Waals surface area contributed by atoms with Crippen molar-refractivity contribution in [2.24, 2.45) is 0 Å². The third-order valence-corrected chi connectivity index (χ3v) is 9.42. The maximum absolute atomic E-state index is 15.4. The average Bonchev–Trinajstić information content (AvgIpc) is 3.49. The molecule has 1 unspecified atom stereocenters. The number of rotatable bonds is 11. The second kappa shape index (κ2) is 14.4. The minimum Gasteiger partial charge on any atom is -0.481 e. The van der Waals surface area contributed by atoms with Gasteiger partial charge in [0.05, 0.1) is 35.2 Å². The molecule has 2 aromatic carbocycles. The van der Waals surface area contributed by atoms with E-state index < -0.39 is 0 Å². The first kappa shape index (κ1) is 32.3. The summed E-state index contributed by atoms with van der Waals surface area (Å²) in [4.78, 5) is 22.8. The Balaban J connectivity index is 1.25. The third kappa shape index (κ3) is 6.88. The summed E-state index contributed by atoms with van der Waals surface area (Å²) in [7, 11) is 1.58. The molecule has 0 radical (unpaired) electrons. The highest BCUT2D eigenvalue weighted by Gasteiger charge is 2.23. The fraction of sp³-hybridized carbons (Fsp3) is 0.343. The van der Waals surface area contributed by atoms with Gasteiger partial charge in [0.15, 0.2) is 0 Å². The maximum Gasteiger partial charge on any atom is 0.220 e. The number of nitrogens with zero attached hydrogens (tertiary/aromatic N) is 3. The smallest absolute Gasteiger partial charge is 0.220 e. The number of methoxy groups -OCH3 is 1. The van der Waals surface area contributed by atoms with Gasteiger partial charge in [0.1, 0.15) is 5.82 Å². The number of hydrogen-bond acceptors (Lipinski definition) is 6. The van der Waals surface area contributed by atoms with Crippen LogP contribution in [0.5, 0.6) is 5.88 Å². The van der Waals surface area contributed by atoms with Crippen LogP contribution in [0, 0.1) is 5.82 Å². The van der Waals surface area contributed by atoms with Gasteiger partial charge in [-0.15, -0.1) is 0 Å². The van der Waals surface area contributed by atoms with E-state index in [9.17, 15) is 9.18 Å². The monoisotopic (exact) mass is 665 g/mol. The second-order valence-corrected chi connectivity index (χ2v) is 12.4. The Labute approximate surface area is 277 Å². The minimum atomic E-state index is -0.378. The van der Waals surface area contributed by atoms with Gasteiger partial charge in [0.25, 0.3) is 0 Å². The molecule has 7 nitrogen and oxygen atoms in total. The summed E-state index contributed by atoms with van der Waals surface area (Å²) >= 11 is 14.0. The largest absolute Gasteiger partial charge is 0.481 e. The summed E-state index contributed by atoms with van der Waals surface area (Å²) < 4.78 is 33.7. The topological polar surface area (TPSA) is 79.4 Å². The highest BCUT2D eigenvalue weighted by Crippen LogP contribution is 2.42. The molecule has 2 aliphatic heterocycles. The molecule has 1 amide bonds. The van der Waals surface area contributed by atoms with E-state index in [1.165, 1.54) is 6.07 Å². The van der Waals surface area contributed by atoms with E-state index in [0.717, 1.165) is 24.1 Å². The zero-order valence-corrected chi connectivity index (χ0v) is 27.0. The number of halogens is 4. The number of fused-ring (bicyclic) bond motifs is 1. The summed E-state index contributed by atoms with van der Waals surface area (Å²) in [6.07, 6.45) is 4.15. The van der Waals surface area contributed by atoms with E-state index >= 15 is 4.39 Å². The first-order valence-electron chi connectivity index (χ1n) is 15.4. The summed E-state index contributed by atoms with van der Waals surface area (Å²) in [6.45, 7) is 2.64. The lowest BCUT2D eigenvalue weighted by Crippen LogP contribution is -2.35. The van der Waals surface area contributed by atoms with Crippen LogP contribution in [0.15, 0.2) is 54.7 Å². The Kier molecular flexibility index (Phi) is 10.1. The van der Waals surface area contributed by atoms with Gasteiger partial charge in [-0.1, -0.05) is 47.5 Å². The SMILES string of the molecule is COc1nc(-c2cccc(-c3ccnc(-c4cc(F)c5c(c4)CCN(CCCF)C5)c3Cl)c2Cl)ccc1CNCC1CCC(=O)N1. The number of nitrogens with one attached hydrogen (secondary N) is 2. The van der Waals surface area contributed by atoms with Gasteiger partial charge >= 0.3 is 0 Å². The van der Waals surface area contributed by atoms with Gasteiger partial charge in [-0.25, -0.2) is 9.37 Å². The molecule has 2 aromatic heterocycles. The van der Waals surface area contributed by atoms with Crippen molar-refractivity contribution < 1.29 is 18.3 Å². The van der Waals surface area contributed by atoms with Gasteiger partial charge < -0.3 is 15.4 Å². The van der Waals surface area contributed by atoms with E-state index in [2.05, 4.69) is 20.5 Å². The van der Waals surface area contributed by atoms with Crippen LogP contribution < -0.4 is 15.4 Å². The van der Waals surface area contributed by atoms with E-state index in [0.29, 0.717) is 101 Å². The number of ether oxygens (including phenoxy) is 1. The Hall–Kier alpha value is -3.63. The molecule has 11 heteroatoms. The quantitative estimate of drug-likeness (QED) is 0.179. The normalized spacial score (nSPS) is 16.4. The van der Waals surface area contributed by atoms with Crippen LogP contribution in [0.2, 0.25) is 10.0 Å². The highest BCUT2D eigenvalue weighted by atomic mass is 35.5. The standard InChI is InChI=1S/C35H35Cl2F2N5O2/c1-46-35-22(18-40-19-24-7-9-31(45)42-24)6-8-30(43-35)27-5-2-4-25(32(27)36)26-10-13-41-34(33(26)37)23-16-21-11-15-44(14-3-12-38)20-28(21)29(39)17-23/h2,4-6,8,10,13,16-17,24,40H,3,7,9,11-12,14-15,18-20H2,1H3,(H,42,45). The number of carbonyl (C=O) groups is 1. The average molecular weight is 667 g/mol. The predicted molar refractivity (Wildman–Crippen MR) is 177 cm³/mol. The maximum atomic E-state index is 15.4. The zero-order chi connectivity index (χ0) is 32.2. The zero-order valence-electron chi connectivity index (χ0n) is 25.5. The van der Waals surface area contributed by atoms with Crippen molar-refractivity contribution in [3.05, 3.63) is 87.3 Å². The molecule has 0 spiro atoms. The Bertz CT molecular complexity index is 1750. The molecule has 0 aliphatic carbocycles.